The minimum atomic E-state index is -0.804. The van der Waals surface area contributed by atoms with Gasteiger partial charge in [-0.3, -0.25) is 9.59 Å². The molecule has 0 radical (unpaired) electrons. The smallest absolute Gasteiger partial charge is 0.329 e. The monoisotopic (exact) mass is 1060 g/mol. The molecule has 0 aliphatic carbocycles. The molecule has 77 heavy (non-hydrogen) atoms. The molecule has 0 unspecified atom stereocenters. The molecular formula is C61H73N3O13. The number of fused-ring (bicyclic) bond motifs is 2. The number of rotatable bonds is 29. The molecule has 5 aromatic carbocycles. The van der Waals surface area contributed by atoms with Crippen LogP contribution in [0.1, 0.15) is 84.4 Å². The Kier molecular flexibility index (Phi) is 22.1. The number of carbonyl (C=O) groups excluding carboxylic acids is 3. The normalized spacial score (nSPS) is 14.5. The predicted octanol–water partition coefficient (Wildman–Crippen LogP) is 8.49. The van der Waals surface area contributed by atoms with Crippen molar-refractivity contribution in [3.05, 3.63) is 137 Å². The van der Waals surface area contributed by atoms with Crippen LogP contribution in [-0.2, 0) is 46.3 Å². The molecule has 410 valence electrons. The lowest BCUT2D eigenvalue weighted by molar-refractivity contribution is -0.162. The molecule has 7 rings (SSSR count). The number of methoxy groups -OCH3 is 5. The number of hydrogen-bond acceptors (Lipinski definition) is 14. The summed E-state index contributed by atoms with van der Waals surface area (Å²) in [5.74, 6) is 7.99. The Balaban J connectivity index is 0.876. The number of aryl methyl sites for hydroxylation is 1. The van der Waals surface area contributed by atoms with E-state index in [1.54, 1.807) is 49.5 Å². The first-order valence-corrected chi connectivity index (χ1v) is 26.4. The topological polar surface area (TPSA) is 162 Å². The number of carbonyl (C=O) groups is 3. The van der Waals surface area contributed by atoms with Gasteiger partial charge >= 0.3 is 5.97 Å². The number of likely N-dealkylation sites (tertiary alicyclic amines) is 1. The maximum absolute atomic E-state index is 14.5. The highest BCUT2D eigenvalue weighted by molar-refractivity contribution is 5.89. The van der Waals surface area contributed by atoms with Crippen molar-refractivity contribution < 1.29 is 61.8 Å². The summed E-state index contributed by atoms with van der Waals surface area (Å²) in [6.45, 7) is 6.35. The maximum Gasteiger partial charge on any atom is 0.329 e. The summed E-state index contributed by atoms with van der Waals surface area (Å²) in [7, 11) is 7.76. The summed E-state index contributed by atoms with van der Waals surface area (Å²) in [4.78, 5) is 45.9. The molecule has 0 aromatic heterocycles. The lowest BCUT2D eigenvalue weighted by atomic mass is 9.91. The number of amides is 2. The van der Waals surface area contributed by atoms with Gasteiger partial charge in [0, 0.05) is 37.3 Å². The van der Waals surface area contributed by atoms with E-state index in [0.29, 0.717) is 124 Å². The van der Waals surface area contributed by atoms with Crippen LogP contribution in [0, 0.1) is 11.8 Å². The molecule has 1 fully saturated rings. The molecule has 2 heterocycles. The quantitative estimate of drug-likeness (QED) is 0.0276. The average Bonchev–Trinajstić information content (AvgIpc) is 3.46. The molecule has 3 atom stereocenters. The first-order chi connectivity index (χ1) is 37.7. The number of piperidine rings is 1. The molecule has 2 aliphatic heterocycles. The van der Waals surface area contributed by atoms with Gasteiger partial charge in [-0.25, -0.2) is 4.79 Å². The van der Waals surface area contributed by atoms with Gasteiger partial charge in [-0.1, -0.05) is 67.3 Å². The maximum atomic E-state index is 14.5. The first kappa shape index (κ1) is 57.3. The van der Waals surface area contributed by atoms with E-state index >= 15 is 0 Å². The molecule has 16 nitrogen and oxygen atoms in total. The average molecular weight is 1060 g/mol. The second-order valence-electron chi connectivity index (χ2n) is 18.5. The van der Waals surface area contributed by atoms with Gasteiger partial charge in [0.25, 0.3) is 5.91 Å². The van der Waals surface area contributed by atoms with E-state index in [0.717, 1.165) is 41.8 Å². The highest BCUT2D eigenvalue weighted by Gasteiger charge is 2.38. The lowest BCUT2D eigenvalue weighted by Gasteiger charge is -2.37. The summed E-state index contributed by atoms with van der Waals surface area (Å²) in [5.41, 5.74) is 6.65. The van der Waals surface area contributed by atoms with Gasteiger partial charge in [-0.05, 0) is 115 Å². The third kappa shape index (κ3) is 15.8. The molecule has 16 heteroatoms. The van der Waals surface area contributed by atoms with Crippen molar-refractivity contribution in [2.75, 3.05) is 106 Å². The molecule has 2 amide bonds. The van der Waals surface area contributed by atoms with E-state index in [9.17, 15) is 14.4 Å². The van der Waals surface area contributed by atoms with Crippen LogP contribution >= 0.6 is 0 Å². The van der Waals surface area contributed by atoms with Crippen molar-refractivity contribution in [2.24, 2.45) is 0 Å². The number of hydrogen-bond donors (Lipinski definition) is 1. The number of para-hydroxylation sites is 1. The Hall–Kier alpha value is -7.45. The Labute approximate surface area is 453 Å². The number of ether oxygens (including phenoxy) is 10. The van der Waals surface area contributed by atoms with Crippen molar-refractivity contribution in [3.8, 4) is 46.3 Å². The minimum absolute atomic E-state index is 0.183. The van der Waals surface area contributed by atoms with Crippen LogP contribution in [0.15, 0.2) is 103 Å². The van der Waals surface area contributed by atoms with Gasteiger partial charge in [0.05, 0.1) is 86.8 Å². The van der Waals surface area contributed by atoms with Gasteiger partial charge in [-0.15, -0.1) is 0 Å². The van der Waals surface area contributed by atoms with E-state index in [1.807, 2.05) is 55.5 Å². The Morgan fingerprint density at radius 2 is 1.36 bits per heavy atom. The zero-order valence-corrected chi connectivity index (χ0v) is 45.3. The third-order valence-corrected chi connectivity index (χ3v) is 13.6. The fourth-order valence-electron chi connectivity index (χ4n) is 9.59. The molecule has 1 N–H and O–H groups in total. The Bertz CT molecular complexity index is 2770. The van der Waals surface area contributed by atoms with Gasteiger partial charge in [0.15, 0.2) is 29.6 Å². The predicted molar refractivity (Wildman–Crippen MR) is 292 cm³/mol. The van der Waals surface area contributed by atoms with E-state index < -0.39 is 24.0 Å². The first-order valence-electron chi connectivity index (χ1n) is 26.4. The number of nitrogens with zero attached hydrogens (tertiary/aromatic N) is 2. The molecule has 1 saturated heterocycles. The summed E-state index contributed by atoms with van der Waals surface area (Å²) in [6, 6.07) is 32.1. The number of anilines is 1. The molecular weight excluding hydrogens is 983 g/mol. The van der Waals surface area contributed by atoms with E-state index in [2.05, 4.69) is 46.3 Å². The molecule has 2 aliphatic rings. The van der Waals surface area contributed by atoms with Crippen molar-refractivity contribution in [2.45, 2.75) is 70.1 Å². The van der Waals surface area contributed by atoms with Crippen molar-refractivity contribution in [1.82, 2.24) is 10.2 Å². The Morgan fingerprint density at radius 3 is 2.09 bits per heavy atom. The van der Waals surface area contributed by atoms with Crippen molar-refractivity contribution in [3.63, 3.8) is 0 Å². The largest absolute Gasteiger partial charge is 0.493 e. The zero-order chi connectivity index (χ0) is 54.4. The lowest BCUT2D eigenvalue weighted by Crippen LogP contribution is -2.50. The number of benzene rings is 5. The van der Waals surface area contributed by atoms with E-state index in [1.165, 1.54) is 26.9 Å². The highest BCUT2D eigenvalue weighted by atomic mass is 16.6. The second-order valence-corrected chi connectivity index (χ2v) is 18.5. The number of nitrogens with one attached hydrogen (secondary N) is 1. The molecule has 0 spiro atoms. The van der Waals surface area contributed by atoms with Crippen LogP contribution in [-0.4, -0.2) is 130 Å². The highest BCUT2D eigenvalue weighted by Crippen LogP contribution is 2.42. The van der Waals surface area contributed by atoms with Crippen molar-refractivity contribution in [1.29, 1.82) is 0 Å². The van der Waals surface area contributed by atoms with Crippen LogP contribution in [0.3, 0.4) is 0 Å². The second kappa shape index (κ2) is 29.7. The number of esters is 1. The fourth-order valence-corrected chi connectivity index (χ4v) is 9.59. The SMILES string of the molecule is CC[C@H](C(=O)N1CCCC[C@H]1C(=O)O[C@H](CCc1ccc(OC)c(OC)c1)c1cccc(OCC(=O)NCCOCCOCCOCCN2Cc3ccccc3C#Cc3ccccc32)c1)c1cc(OC)c(OC)c(OC)c1. The van der Waals surface area contributed by atoms with Crippen LogP contribution in [0.4, 0.5) is 5.69 Å². The Morgan fingerprint density at radius 1 is 0.675 bits per heavy atom. The summed E-state index contributed by atoms with van der Waals surface area (Å²) in [6.07, 6.45) is 2.62. The van der Waals surface area contributed by atoms with Crippen LogP contribution in [0.2, 0.25) is 0 Å². The third-order valence-electron chi connectivity index (χ3n) is 13.6. The minimum Gasteiger partial charge on any atom is -0.493 e. The molecule has 5 aromatic rings. The van der Waals surface area contributed by atoms with E-state index in [-0.39, 0.29) is 25.0 Å². The van der Waals surface area contributed by atoms with Crippen molar-refractivity contribution >= 4 is 23.5 Å². The summed E-state index contributed by atoms with van der Waals surface area (Å²) < 4.78 is 57.5. The standard InChI is InChI=1S/C61H73N3O13/c1-7-50(48-39-56(70-4)59(72-6)57(40-48)71-5)60(66)64-29-13-12-21-52(64)61(67)77-53(26-22-43-23-27-54(68-2)55(37-43)69-3)46-18-14-19-49(38-46)76-42-58(65)62-28-31-73-33-35-75-36-34-74-32-30-63-41-47-17-9-8-15-44(47)24-25-45-16-10-11-20-51(45)63/h8-11,14-20,23,27,37-40,50,52-53H,7,12-13,21-22,26,28-36,41-42H2,1-6H3,(H,62,65)/t50-,52-,53+/m0/s1. The zero-order valence-electron chi connectivity index (χ0n) is 45.3. The fraction of sp³-hybridized carbons (Fsp3) is 0.426. The molecule has 0 saturated carbocycles. The van der Waals surface area contributed by atoms with Gasteiger partial charge in [-0.2, -0.15) is 0 Å². The van der Waals surface area contributed by atoms with Gasteiger partial charge < -0.3 is 62.5 Å². The molecule has 0 bridgehead atoms. The summed E-state index contributed by atoms with van der Waals surface area (Å²) in [5, 5.41) is 2.83. The van der Waals surface area contributed by atoms with Crippen LogP contribution in [0.5, 0.6) is 34.5 Å². The van der Waals surface area contributed by atoms with Crippen LogP contribution < -0.4 is 38.6 Å². The van der Waals surface area contributed by atoms with Crippen LogP contribution in [0.25, 0.3) is 0 Å². The van der Waals surface area contributed by atoms with Gasteiger partial charge in [0.1, 0.15) is 17.9 Å². The van der Waals surface area contributed by atoms with E-state index in [4.69, 9.17) is 47.4 Å². The summed E-state index contributed by atoms with van der Waals surface area (Å²) >= 11 is 0. The van der Waals surface area contributed by atoms with Gasteiger partial charge in [0.2, 0.25) is 11.7 Å².